The first-order chi connectivity index (χ1) is 14.7. The molecule has 3 aliphatic carbocycles. The summed E-state index contributed by atoms with van der Waals surface area (Å²) < 4.78 is 31.8. The minimum atomic E-state index is -3.91. The summed E-state index contributed by atoms with van der Waals surface area (Å²) in [6, 6.07) is -0.892. The molecule has 0 bridgehead atoms. The third-order valence-corrected chi connectivity index (χ3v) is 7.67. The lowest BCUT2D eigenvalue weighted by molar-refractivity contribution is 0.168. The van der Waals surface area contributed by atoms with Gasteiger partial charge in [-0.15, -0.1) is 4.36 Å². The van der Waals surface area contributed by atoms with Crippen LogP contribution in [0.2, 0.25) is 0 Å². The fraction of sp³-hybridized carbons (Fsp3) is 0.550. The number of anilines is 1. The second kappa shape index (κ2) is 7.07. The van der Waals surface area contributed by atoms with Crippen LogP contribution < -0.4 is 10.5 Å². The molecule has 0 aromatic carbocycles. The van der Waals surface area contributed by atoms with Crippen molar-refractivity contribution in [1.82, 2.24) is 14.8 Å². The Hall–Kier alpha value is -2.37. The highest BCUT2D eigenvalue weighted by atomic mass is 32.2. The van der Waals surface area contributed by atoms with Crippen LogP contribution in [-0.2, 0) is 41.1 Å². The zero-order valence-electron chi connectivity index (χ0n) is 17.2. The number of pyridine rings is 1. The number of rotatable bonds is 4. The maximum atomic E-state index is 14.3. The molecule has 2 heterocycles. The normalized spacial score (nSPS) is 20.8. The molecule has 3 aliphatic rings. The first-order valence-electron chi connectivity index (χ1n) is 10.5. The van der Waals surface area contributed by atoms with E-state index in [-0.39, 0.29) is 12.0 Å². The van der Waals surface area contributed by atoms with Gasteiger partial charge < -0.3 is 10.4 Å². The van der Waals surface area contributed by atoms with E-state index in [4.69, 9.17) is 10.1 Å². The van der Waals surface area contributed by atoms with Crippen molar-refractivity contribution in [2.75, 3.05) is 5.32 Å². The number of hydrogen-bond donors (Lipinski definition) is 3. The molecule has 1 unspecified atom stereocenters. The Morgan fingerprint density at radius 2 is 2.16 bits per heavy atom. The first-order valence-corrected chi connectivity index (χ1v) is 12.1. The zero-order chi connectivity index (χ0) is 22.0. The van der Waals surface area contributed by atoms with Crippen LogP contribution >= 0.6 is 0 Å². The topological polar surface area (TPSA) is 135 Å². The third-order valence-electron chi connectivity index (χ3n) is 6.40. The summed E-state index contributed by atoms with van der Waals surface area (Å²) in [5.74, 6) is -0.939. The van der Waals surface area contributed by atoms with Gasteiger partial charge in [-0.3, -0.25) is 9.67 Å². The van der Waals surface area contributed by atoms with Gasteiger partial charge in [-0.2, -0.15) is 5.10 Å². The van der Waals surface area contributed by atoms with Crippen molar-refractivity contribution >= 4 is 21.6 Å². The van der Waals surface area contributed by atoms with Gasteiger partial charge in [-0.05, 0) is 63.0 Å². The van der Waals surface area contributed by atoms with E-state index in [2.05, 4.69) is 14.8 Å². The smallest absolute Gasteiger partial charge is 0.354 e. The molecule has 4 N–H and O–H groups in total. The van der Waals surface area contributed by atoms with Crippen molar-refractivity contribution < 1.29 is 18.5 Å². The van der Waals surface area contributed by atoms with Crippen molar-refractivity contribution in [3.63, 3.8) is 0 Å². The molecule has 1 saturated carbocycles. The van der Waals surface area contributed by atoms with Gasteiger partial charge >= 0.3 is 6.03 Å². The number of amides is 2. The number of nitrogens with two attached hydrogens (primary N) is 1. The molecule has 11 heteroatoms. The lowest BCUT2D eigenvalue weighted by Gasteiger charge is -2.16. The predicted octanol–water partition coefficient (Wildman–Crippen LogP) is 2.20. The summed E-state index contributed by atoms with van der Waals surface area (Å²) in [5, 5.41) is 21.2. The molecule has 2 amide bonds. The molecule has 2 atom stereocenters. The summed E-state index contributed by atoms with van der Waals surface area (Å²) in [7, 11) is -3.91. The van der Waals surface area contributed by atoms with Crippen LogP contribution in [0.5, 0.6) is 0 Å². The molecule has 0 saturated heterocycles. The van der Waals surface area contributed by atoms with E-state index >= 15 is 0 Å². The number of aromatic nitrogens is 3. The van der Waals surface area contributed by atoms with E-state index in [0.717, 1.165) is 78.3 Å². The summed E-state index contributed by atoms with van der Waals surface area (Å²) in [4.78, 5) is 17.7. The van der Waals surface area contributed by atoms with E-state index < -0.39 is 32.9 Å². The predicted molar refractivity (Wildman–Crippen MR) is 111 cm³/mol. The number of carbonyl (C=O) groups is 1. The highest BCUT2D eigenvalue weighted by Gasteiger charge is 2.51. The van der Waals surface area contributed by atoms with E-state index in [1.54, 1.807) is 0 Å². The van der Waals surface area contributed by atoms with Crippen LogP contribution in [0.4, 0.5) is 14.9 Å². The molecule has 1 fully saturated rings. The molecular formula is C20H25FN6O3S. The van der Waals surface area contributed by atoms with Crippen LogP contribution in [0.15, 0.2) is 15.6 Å². The number of hydrogen-bond acceptors (Lipinski definition) is 5. The third kappa shape index (κ3) is 3.54. The average Bonchev–Trinajstić information content (AvgIpc) is 2.97. The Morgan fingerprint density at radius 1 is 1.39 bits per heavy atom. The molecule has 166 valence electrons. The summed E-state index contributed by atoms with van der Waals surface area (Å²) in [5.41, 5.74) is 5.02. The van der Waals surface area contributed by atoms with Crippen LogP contribution in [0.25, 0.3) is 0 Å². The van der Waals surface area contributed by atoms with E-state index in [1.807, 2.05) is 0 Å². The van der Waals surface area contributed by atoms with Crippen LogP contribution in [0, 0.1) is 5.82 Å². The Balaban J connectivity index is 1.47. The maximum absolute atomic E-state index is 14.3. The number of fused-ring (bicyclic) bond motifs is 3. The molecule has 2 aromatic heterocycles. The number of nitrogens with zero attached hydrogens (tertiary/aromatic N) is 4. The van der Waals surface area contributed by atoms with Gasteiger partial charge in [0.05, 0.1) is 30.2 Å². The van der Waals surface area contributed by atoms with Crippen LogP contribution in [0.1, 0.15) is 55.1 Å². The van der Waals surface area contributed by atoms with Crippen LogP contribution in [-0.4, -0.2) is 36.2 Å². The maximum Gasteiger partial charge on any atom is 0.354 e. The Bertz CT molecular complexity index is 1210. The van der Waals surface area contributed by atoms with Gasteiger partial charge in [0.15, 0.2) is 15.7 Å². The Morgan fingerprint density at radius 3 is 2.87 bits per heavy atom. The average molecular weight is 449 g/mol. The number of carbonyl (C=O) groups excluding carboxylic acids is 1. The Labute approximate surface area is 179 Å². The van der Waals surface area contributed by atoms with Gasteiger partial charge in [-0.1, -0.05) is 0 Å². The number of aliphatic hydroxyl groups is 1. The standard InChI is InChI=1S/C20H25FN6O3S/c1-11(28)9-27-10-14(21)18(25-27)31(22,30)26-19(29)24-16-12-3-2-4-15(12)23-17-13(16)5-6-20(17)7-8-20/h10-11,28H,2-9H2,1H3,(H3,22,23,24,26,29,30)/t11-,31?/m0/s1. The molecule has 2 aromatic rings. The Kier molecular flexibility index (Phi) is 4.68. The van der Waals surface area contributed by atoms with E-state index in [1.165, 1.54) is 6.92 Å². The van der Waals surface area contributed by atoms with Gasteiger partial charge in [0.2, 0.25) is 5.03 Å². The summed E-state index contributed by atoms with van der Waals surface area (Å²) in [6.45, 7) is 1.50. The molecule has 31 heavy (non-hydrogen) atoms. The van der Waals surface area contributed by atoms with Crippen molar-refractivity contribution in [1.29, 1.82) is 0 Å². The van der Waals surface area contributed by atoms with Gasteiger partial charge in [0.1, 0.15) is 0 Å². The summed E-state index contributed by atoms with van der Waals surface area (Å²) >= 11 is 0. The molecule has 0 radical (unpaired) electrons. The van der Waals surface area contributed by atoms with Gasteiger partial charge in [-0.25, -0.2) is 18.5 Å². The molecular weight excluding hydrogens is 423 g/mol. The second-order valence-corrected chi connectivity index (χ2v) is 10.5. The first kappa shape index (κ1) is 20.5. The highest BCUT2D eigenvalue weighted by Crippen LogP contribution is 2.58. The van der Waals surface area contributed by atoms with E-state index in [0.29, 0.717) is 5.69 Å². The highest BCUT2D eigenvalue weighted by molar-refractivity contribution is 7.91. The second-order valence-electron chi connectivity index (χ2n) is 8.82. The lowest BCUT2D eigenvalue weighted by atomic mass is 10.0. The SMILES string of the molecule is C[C@H](O)Cn1cc(F)c(S(N)(=O)=NC(=O)Nc2c3c(nc4c2CCC42CC2)CCC3)n1. The number of urea groups is 1. The fourth-order valence-electron chi connectivity index (χ4n) is 4.81. The molecule has 1 spiro atoms. The molecule has 5 rings (SSSR count). The van der Waals surface area contributed by atoms with Crippen molar-refractivity contribution in [2.24, 2.45) is 9.50 Å². The van der Waals surface area contributed by atoms with Crippen LogP contribution in [0.3, 0.4) is 0 Å². The molecule has 9 nitrogen and oxygen atoms in total. The number of nitrogens with one attached hydrogen (secondary N) is 1. The zero-order valence-corrected chi connectivity index (χ0v) is 18.0. The minimum Gasteiger partial charge on any atom is -0.391 e. The number of aryl methyl sites for hydroxylation is 1. The van der Waals surface area contributed by atoms with Crippen molar-refractivity contribution in [3.05, 3.63) is 34.5 Å². The lowest BCUT2D eigenvalue weighted by Crippen LogP contribution is -2.21. The van der Waals surface area contributed by atoms with Gasteiger partial charge in [0, 0.05) is 11.1 Å². The van der Waals surface area contributed by atoms with E-state index in [9.17, 15) is 18.5 Å². The number of aliphatic hydroxyl groups excluding tert-OH is 1. The number of halogens is 1. The van der Waals surface area contributed by atoms with Gasteiger partial charge in [0.25, 0.3) is 0 Å². The summed E-state index contributed by atoms with van der Waals surface area (Å²) in [6.07, 6.45) is 6.94. The largest absolute Gasteiger partial charge is 0.391 e. The fourth-order valence-corrected chi connectivity index (χ4v) is 5.75. The monoisotopic (exact) mass is 448 g/mol. The van der Waals surface area contributed by atoms with Crippen molar-refractivity contribution in [3.8, 4) is 0 Å². The van der Waals surface area contributed by atoms with Crippen molar-refractivity contribution in [2.45, 2.75) is 75.0 Å². The minimum absolute atomic E-state index is 0.00429. The molecule has 0 aliphatic heterocycles. The quantitative estimate of drug-likeness (QED) is 0.659.